The number of rotatable bonds is 5. The lowest BCUT2D eigenvalue weighted by atomic mass is 9.98. The van der Waals surface area contributed by atoms with Crippen molar-refractivity contribution < 1.29 is 9.18 Å². The number of amides is 1. The second kappa shape index (κ2) is 5.32. The van der Waals surface area contributed by atoms with Crippen molar-refractivity contribution in [3.05, 3.63) is 35.1 Å². The molecule has 0 radical (unpaired) electrons. The Morgan fingerprint density at radius 1 is 1.32 bits per heavy atom. The van der Waals surface area contributed by atoms with E-state index in [0.717, 1.165) is 24.8 Å². The maximum atomic E-state index is 13.3. The van der Waals surface area contributed by atoms with Crippen LogP contribution in [0.3, 0.4) is 0 Å². The molecule has 2 aliphatic carbocycles. The molecule has 1 fully saturated rings. The normalized spacial score (nSPS) is 21.2. The second-order valence-electron chi connectivity index (χ2n) is 5.86. The van der Waals surface area contributed by atoms with E-state index >= 15 is 0 Å². The van der Waals surface area contributed by atoms with Gasteiger partial charge in [-0.25, -0.2) is 4.39 Å². The minimum absolute atomic E-state index is 0.150. The maximum absolute atomic E-state index is 13.3. The van der Waals surface area contributed by atoms with Crippen LogP contribution in [0.15, 0.2) is 18.2 Å². The van der Waals surface area contributed by atoms with Gasteiger partial charge in [0.1, 0.15) is 5.82 Å². The average molecular weight is 261 g/mol. The summed E-state index contributed by atoms with van der Waals surface area (Å²) in [6.45, 7) is 0.714. The third-order valence-corrected chi connectivity index (χ3v) is 4.30. The Labute approximate surface area is 113 Å². The average Bonchev–Trinajstić information content (AvgIpc) is 3.10. The number of benzene rings is 1. The molecule has 102 valence electrons. The van der Waals surface area contributed by atoms with Crippen LogP contribution in [0.2, 0.25) is 0 Å². The van der Waals surface area contributed by atoms with Crippen molar-refractivity contribution in [1.29, 1.82) is 0 Å². The van der Waals surface area contributed by atoms with Crippen LogP contribution in [0.5, 0.6) is 0 Å². The van der Waals surface area contributed by atoms with Crippen molar-refractivity contribution in [3.8, 4) is 0 Å². The van der Waals surface area contributed by atoms with Gasteiger partial charge in [0.05, 0.1) is 0 Å². The van der Waals surface area contributed by atoms with E-state index < -0.39 is 0 Å². The number of hydrogen-bond acceptors (Lipinski definition) is 1. The van der Waals surface area contributed by atoms with Crippen molar-refractivity contribution in [2.75, 3.05) is 6.54 Å². The summed E-state index contributed by atoms with van der Waals surface area (Å²) < 4.78 is 13.3. The first kappa shape index (κ1) is 12.6. The van der Waals surface area contributed by atoms with Gasteiger partial charge in [-0.15, -0.1) is 0 Å². The summed E-state index contributed by atoms with van der Waals surface area (Å²) in [4.78, 5) is 11.6. The van der Waals surface area contributed by atoms with Crippen LogP contribution < -0.4 is 5.32 Å². The molecule has 1 N–H and O–H groups in total. The fraction of sp³-hybridized carbons (Fsp3) is 0.562. The highest BCUT2D eigenvalue weighted by atomic mass is 19.1. The van der Waals surface area contributed by atoms with E-state index in [-0.39, 0.29) is 11.7 Å². The number of hydrogen-bond donors (Lipinski definition) is 1. The van der Waals surface area contributed by atoms with Crippen molar-refractivity contribution in [3.63, 3.8) is 0 Å². The SMILES string of the molecule is O=C(CC1CC1)NCCC1CCc2ccc(F)cc21. The minimum atomic E-state index is -0.150. The highest BCUT2D eigenvalue weighted by Gasteiger charge is 2.25. The van der Waals surface area contributed by atoms with E-state index in [1.807, 2.05) is 6.07 Å². The number of nitrogens with one attached hydrogen (secondary N) is 1. The summed E-state index contributed by atoms with van der Waals surface area (Å²) in [6.07, 6.45) is 6.15. The summed E-state index contributed by atoms with van der Waals surface area (Å²) in [5.41, 5.74) is 2.42. The fourth-order valence-electron chi connectivity index (χ4n) is 3.00. The van der Waals surface area contributed by atoms with E-state index in [2.05, 4.69) is 5.32 Å². The largest absolute Gasteiger partial charge is 0.356 e. The topological polar surface area (TPSA) is 29.1 Å². The predicted molar refractivity (Wildman–Crippen MR) is 72.4 cm³/mol. The molecule has 1 saturated carbocycles. The second-order valence-corrected chi connectivity index (χ2v) is 5.86. The van der Waals surface area contributed by atoms with Crippen LogP contribution in [0.25, 0.3) is 0 Å². The summed E-state index contributed by atoms with van der Waals surface area (Å²) >= 11 is 0. The van der Waals surface area contributed by atoms with Crippen LogP contribution in [0.1, 0.15) is 49.1 Å². The van der Waals surface area contributed by atoms with E-state index in [1.165, 1.54) is 18.4 Å². The molecule has 0 saturated heterocycles. The van der Waals surface area contributed by atoms with Gasteiger partial charge in [0.25, 0.3) is 0 Å². The zero-order valence-corrected chi connectivity index (χ0v) is 11.1. The van der Waals surface area contributed by atoms with Crippen LogP contribution >= 0.6 is 0 Å². The molecule has 1 aromatic carbocycles. The van der Waals surface area contributed by atoms with Crippen LogP contribution in [0.4, 0.5) is 4.39 Å². The van der Waals surface area contributed by atoms with Crippen LogP contribution in [-0.2, 0) is 11.2 Å². The number of fused-ring (bicyclic) bond motifs is 1. The molecule has 2 nitrogen and oxygen atoms in total. The highest BCUT2D eigenvalue weighted by Crippen LogP contribution is 2.35. The molecule has 1 amide bonds. The van der Waals surface area contributed by atoms with Crippen molar-refractivity contribution >= 4 is 5.91 Å². The third kappa shape index (κ3) is 3.14. The summed E-state index contributed by atoms with van der Waals surface area (Å²) in [5.74, 6) is 1.08. The molecule has 2 aliphatic rings. The van der Waals surface area contributed by atoms with E-state index in [9.17, 15) is 9.18 Å². The van der Waals surface area contributed by atoms with Gasteiger partial charge in [-0.2, -0.15) is 0 Å². The molecule has 1 aromatic rings. The molecule has 1 atom stereocenters. The van der Waals surface area contributed by atoms with Gasteiger partial charge < -0.3 is 5.32 Å². The minimum Gasteiger partial charge on any atom is -0.356 e. The Balaban J connectivity index is 1.49. The fourth-order valence-corrected chi connectivity index (χ4v) is 3.00. The van der Waals surface area contributed by atoms with Gasteiger partial charge in [-0.05, 0) is 67.2 Å². The molecule has 0 bridgehead atoms. The lowest BCUT2D eigenvalue weighted by Crippen LogP contribution is -2.25. The van der Waals surface area contributed by atoms with Gasteiger partial charge >= 0.3 is 0 Å². The molecular formula is C16H20FNO. The zero-order chi connectivity index (χ0) is 13.2. The molecule has 1 unspecified atom stereocenters. The lowest BCUT2D eigenvalue weighted by molar-refractivity contribution is -0.121. The van der Waals surface area contributed by atoms with E-state index in [4.69, 9.17) is 0 Å². The van der Waals surface area contributed by atoms with Gasteiger partial charge in [0, 0.05) is 13.0 Å². The highest BCUT2D eigenvalue weighted by molar-refractivity contribution is 5.76. The third-order valence-electron chi connectivity index (χ3n) is 4.30. The van der Waals surface area contributed by atoms with Crippen molar-refractivity contribution in [1.82, 2.24) is 5.32 Å². The smallest absolute Gasteiger partial charge is 0.220 e. The zero-order valence-electron chi connectivity index (χ0n) is 11.1. The summed E-state index contributed by atoms with van der Waals surface area (Å²) in [7, 11) is 0. The molecule has 0 aliphatic heterocycles. The quantitative estimate of drug-likeness (QED) is 0.866. The van der Waals surface area contributed by atoms with Gasteiger partial charge in [-0.1, -0.05) is 6.07 Å². The number of carbonyl (C=O) groups excluding carboxylic acids is 1. The predicted octanol–water partition coefficient (Wildman–Crippen LogP) is 3.16. The first-order chi connectivity index (χ1) is 9.22. The first-order valence-corrected chi connectivity index (χ1v) is 7.27. The van der Waals surface area contributed by atoms with Gasteiger partial charge in [-0.3, -0.25) is 4.79 Å². The van der Waals surface area contributed by atoms with Gasteiger partial charge in [0.2, 0.25) is 5.91 Å². The molecule has 19 heavy (non-hydrogen) atoms. The lowest BCUT2D eigenvalue weighted by Gasteiger charge is -2.12. The Morgan fingerprint density at radius 3 is 2.95 bits per heavy atom. The Hall–Kier alpha value is -1.38. The number of carbonyl (C=O) groups is 1. The first-order valence-electron chi connectivity index (χ1n) is 7.27. The molecule has 0 heterocycles. The van der Waals surface area contributed by atoms with E-state index in [0.29, 0.717) is 24.8 Å². The van der Waals surface area contributed by atoms with E-state index in [1.54, 1.807) is 12.1 Å². The Morgan fingerprint density at radius 2 is 2.16 bits per heavy atom. The van der Waals surface area contributed by atoms with Crippen LogP contribution in [0, 0.1) is 11.7 Å². The Bertz CT molecular complexity index is 482. The number of aryl methyl sites for hydroxylation is 1. The molecule has 3 heteroatoms. The maximum Gasteiger partial charge on any atom is 0.220 e. The standard InChI is InChI=1S/C16H20FNO/c17-14-6-5-12-3-4-13(15(12)10-14)7-8-18-16(19)9-11-1-2-11/h5-6,10-11,13H,1-4,7-9H2,(H,18,19). The van der Waals surface area contributed by atoms with Crippen molar-refractivity contribution in [2.45, 2.75) is 44.4 Å². The Kier molecular flexibility index (Phi) is 3.54. The van der Waals surface area contributed by atoms with Crippen molar-refractivity contribution in [2.24, 2.45) is 5.92 Å². The molecule has 3 rings (SSSR count). The molecule has 0 aromatic heterocycles. The van der Waals surface area contributed by atoms with Gasteiger partial charge in [0.15, 0.2) is 0 Å². The molecule has 0 spiro atoms. The van der Waals surface area contributed by atoms with Crippen LogP contribution in [-0.4, -0.2) is 12.5 Å². The molecular weight excluding hydrogens is 241 g/mol. The summed E-state index contributed by atoms with van der Waals surface area (Å²) in [5, 5.41) is 2.99. The summed E-state index contributed by atoms with van der Waals surface area (Å²) in [6, 6.07) is 5.11. The number of halogens is 1. The monoisotopic (exact) mass is 261 g/mol.